The Morgan fingerprint density at radius 3 is 2.59 bits per heavy atom. The van der Waals surface area contributed by atoms with Crippen molar-refractivity contribution in [2.75, 3.05) is 26.4 Å². The zero-order chi connectivity index (χ0) is 16.4. The van der Waals surface area contributed by atoms with Gasteiger partial charge in [-0.15, -0.1) is 11.8 Å². The number of nitrogens with zero attached hydrogens (tertiary/aromatic N) is 1. The van der Waals surface area contributed by atoms with Gasteiger partial charge in [0.05, 0.1) is 0 Å². The smallest absolute Gasteiger partial charge is 0.317 e. The quantitative estimate of drug-likeness (QED) is 0.570. The molecule has 0 saturated carbocycles. The molecule has 1 unspecified atom stereocenters. The van der Waals surface area contributed by atoms with E-state index in [-0.39, 0.29) is 18.0 Å². The Hall–Kier alpha value is -1.69. The number of benzene rings is 1. The third kappa shape index (κ3) is 6.85. The van der Waals surface area contributed by atoms with Crippen molar-refractivity contribution in [3.05, 3.63) is 30.3 Å². The van der Waals surface area contributed by atoms with Crippen molar-refractivity contribution < 1.29 is 9.59 Å². The van der Waals surface area contributed by atoms with Gasteiger partial charge in [-0.3, -0.25) is 4.79 Å². The third-order valence-electron chi connectivity index (χ3n) is 3.35. The maximum absolute atomic E-state index is 12.0. The van der Waals surface area contributed by atoms with Crippen LogP contribution in [0.4, 0.5) is 4.79 Å². The van der Waals surface area contributed by atoms with Crippen LogP contribution in [0.25, 0.3) is 0 Å². The molecule has 22 heavy (non-hydrogen) atoms. The molecule has 0 heterocycles. The first kappa shape index (κ1) is 18.4. The summed E-state index contributed by atoms with van der Waals surface area (Å²) in [7, 11) is 3.31. The molecule has 6 heteroatoms. The number of nitrogens with one attached hydrogen (secondary N) is 2. The summed E-state index contributed by atoms with van der Waals surface area (Å²) in [5.41, 5.74) is 0. The second-order valence-corrected chi connectivity index (χ2v) is 6.25. The predicted octanol–water partition coefficient (Wildman–Crippen LogP) is 2.33. The zero-order valence-corrected chi connectivity index (χ0v) is 14.3. The van der Waals surface area contributed by atoms with Crippen molar-refractivity contribution in [2.24, 2.45) is 0 Å². The van der Waals surface area contributed by atoms with Crippen LogP contribution in [0.3, 0.4) is 0 Å². The van der Waals surface area contributed by atoms with E-state index in [1.54, 1.807) is 30.8 Å². The maximum Gasteiger partial charge on any atom is 0.317 e. The van der Waals surface area contributed by atoms with E-state index in [0.717, 1.165) is 12.2 Å². The average Bonchev–Trinajstić information content (AvgIpc) is 2.54. The molecule has 1 aromatic rings. The SMILES string of the molecule is CNC(=O)CC(C)N(C)C(=O)NCCCSc1ccccc1. The Labute approximate surface area is 136 Å². The fraction of sp³-hybridized carbons (Fsp3) is 0.500. The fourth-order valence-corrected chi connectivity index (χ4v) is 2.68. The lowest BCUT2D eigenvalue weighted by Gasteiger charge is -2.24. The van der Waals surface area contributed by atoms with Crippen LogP contribution in [0.1, 0.15) is 19.8 Å². The molecule has 1 aromatic carbocycles. The largest absolute Gasteiger partial charge is 0.359 e. The van der Waals surface area contributed by atoms with Crippen LogP contribution in [-0.2, 0) is 4.79 Å². The second kappa shape index (κ2) is 10.1. The van der Waals surface area contributed by atoms with Gasteiger partial charge in [-0.25, -0.2) is 4.79 Å². The molecule has 5 nitrogen and oxygen atoms in total. The first-order valence-electron chi connectivity index (χ1n) is 7.43. The van der Waals surface area contributed by atoms with Crippen molar-refractivity contribution >= 4 is 23.7 Å². The zero-order valence-electron chi connectivity index (χ0n) is 13.5. The summed E-state index contributed by atoms with van der Waals surface area (Å²) in [6.07, 6.45) is 1.22. The highest BCUT2D eigenvalue weighted by molar-refractivity contribution is 7.99. The minimum absolute atomic E-state index is 0.0635. The van der Waals surface area contributed by atoms with Crippen LogP contribution >= 0.6 is 11.8 Å². The van der Waals surface area contributed by atoms with Gasteiger partial charge in [-0.05, 0) is 31.2 Å². The maximum atomic E-state index is 12.0. The average molecular weight is 323 g/mol. The molecule has 3 amide bonds. The highest BCUT2D eigenvalue weighted by Gasteiger charge is 2.17. The Kier molecular flexibility index (Phi) is 8.43. The first-order chi connectivity index (χ1) is 10.5. The van der Waals surface area contributed by atoms with Crippen LogP contribution in [0.5, 0.6) is 0 Å². The molecule has 0 aliphatic carbocycles. The van der Waals surface area contributed by atoms with Gasteiger partial charge < -0.3 is 15.5 Å². The normalized spacial score (nSPS) is 11.6. The van der Waals surface area contributed by atoms with E-state index in [0.29, 0.717) is 13.0 Å². The number of carbonyl (C=O) groups is 2. The summed E-state index contributed by atoms with van der Waals surface area (Å²) < 4.78 is 0. The number of hydrogen-bond acceptors (Lipinski definition) is 3. The van der Waals surface area contributed by atoms with Gasteiger partial charge >= 0.3 is 6.03 Å². The van der Waals surface area contributed by atoms with Crippen LogP contribution in [0.15, 0.2) is 35.2 Å². The van der Waals surface area contributed by atoms with Gasteiger partial charge in [0.25, 0.3) is 0 Å². The van der Waals surface area contributed by atoms with E-state index in [1.807, 2.05) is 25.1 Å². The Morgan fingerprint density at radius 1 is 1.27 bits per heavy atom. The molecule has 0 aromatic heterocycles. The molecule has 0 radical (unpaired) electrons. The van der Waals surface area contributed by atoms with Crippen LogP contribution in [0, 0.1) is 0 Å². The Morgan fingerprint density at radius 2 is 1.95 bits per heavy atom. The minimum Gasteiger partial charge on any atom is -0.359 e. The summed E-state index contributed by atoms with van der Waals surface area (Å²) in [5, 5.41) is 5.45. The summed E-state index contributed by atoms with van der Waals surface area (Å²) in [6.45, 7) is 2.50. The van der Waals surface area contributed by atoms with Crippen molar-refractivity contribution in [2.45, 2.75) is 30.7 Å². The highest BCUT2D eigenvalue weighted by atomic mass is 32.2. The number of urea groups is 1. The minimum atomic E-state index is -0.138. The standard InChI is InChI=1S/C16H25N3O2S/c1-13(12-15(20)17-2)19(3)16(21)18-10-7-11-22-14-8-5-4-6-9-14/h4-6,8-9,13H,7,10-12H2,1-3H3,(H,17,20)(H,18,21). The van der Waals surface area contributed by atoms with Gasteiger partial charge in [0.1, 0.15) is 0 Å². The number of hydrogen-bond donors (Lipinski definition) is 2. The third-order valence-corrected chi connectivity index (χ3v) is 4.45. The fourth-order valence-electron chi connectivity index (χ4n) is 1.81. The van der Waals surface area contributed by atoms with E-state index < -0.39 is 0 Å². The lowest BCUT2D eigenvalue weighted by Crippen LogP contribution is -2.44. The van der Waals surface area contributed by atoms with E-state index in [1.165, 1.54) is 4.90 Å². The van der Waals surface area contributed by atoms with Crippen molar-refractivity contribution in [1.82, 2.24) is 15.5 Å². The molecule has 1 atom stereocenters. The van der Waals surface area contributed by atoms with E-state index >= 15 is 0 Å². The van der Waals surface area contributed by atoms with Gasteiger partial charge in [0, 0.05) is 38.0 Å². The van der Waals surface area contributed by atoms with Gasteiger partial charge in [-0.2, -0.15) is 0 Å². The summed E-state index contributed by atoms with van der Waals surface area (Å²) in [6, 6.07) is 9.94. The first-order valence-corrected chi connectivity index (χ1v) is 8.42. The lowest BCUT2D eigenvalue weighted by molar-refractivity contribution is -0.121. The van der Waals surface area contributed by atoms with Crippen molar-refractivity contribution in [3.63, 3.8) is 0 Å². The highest BCUT2D eigenvalue weighted by Crippen LogP contribution is 2.17. The van der Waals surface area contributed by atoms with E-state index in [4.69, 9.17) is 0 Å². The van der Waals surface area contributed by atoms with Gasteiger partial charge in [0.2, 0.25) is 5.91 Å². The topological polar surface area (TPSA) is 61.4 Å². The molecule has 2 N–H and O–H groups in total. The van der Waals surface area contributed by atoms with E-state index in [9.17, 15) is 9.59 Å². The van der Waals surface area contributed by atoms with E-state index in [2.05, 4.69) is 22.8 Å². The molecule has 122 valence electrons. The lowest BCUT2D eigenvalue weighted by atomic mass is 10.2. The van der Waals surface area contributed by atoms with Crippen LogP contribution < -0.4 is 10.6 Å². The molecule has 0 saturated heterocycles. The molecule has 1 rings (SSSR count). The summed E-state index contributed by atoms with van der Waals surface area (Å²) >= 11 is 1.78. The Balaban J connectivity index is 2.18. The van der Waals surface area contributed by atoms with Gasteiger partial charge in [-0.1, -0.05) is 18.2 Å². The molecule has 0 aliphatic heterocycles. The van der Waals surface area contributed by atoms with Crippen molar-refractivity contribution in [1.29, 1.82) is 0 Å². The second-order valence-electron chi connectivity index (χ2n) is 5.08. The summed E-state index contributed by atoms with van der Waals surface area (Å²) in [4.78, 5) is 26.1. The molecule has 0 fully saturated rings. The number of carbonyl (C=O) groups excluding carboxylic acids is 2. The van der Waals surface area contributed by atoms with Crippen LogP contribution in [-0.4, -0.2) is 49.3 Å². The number of thioether (sulfide) groups is 1. The predicted molar refractivity (Wildman–Crippen MR) is 91.1 cm³/mol. The molecular formula is C16H25N3O2S. The number of amides is 3. The Bertz CT molecular complexity index is 468. The van der Waals surface area contributed by atoms with Gasteiger partial charge in [0.15, 0.2) is 0 Å². The monoisotopic (exact) mass is 323 g/mol. The molecular weight excluding hydrogens is 298 g/mol. The molecule has 0 bridgehead atoms. The molecule has 0 spiro atoms. The summed E-state index contributed by atoms with van der Waals surface area (Å²) in [5.74, 6) is 0.897. The van der Waals surface area contributed by atoms with Crippen LogP contribution in [0.2, 0.25) is 0 Å². The van der Waals surface area contributed by atoms with Crippen molar-refractivity contribution in [3.8, 4) is 0 Å². The number of rotatable bonds is 8. The molecule has 0 aliphatic rings.